The van der Waals surface area contributed by atoms with Crippen LogP contribution in [0.15, 0.2) is 188 Å². The van der Waals surface area contributed by atoms with Crippen molar-refractivity contribution in [3.8, 4) is 44.5 Å². The molecule has 1 aliphatic rings. The number of nitrogens with zero attached hydrogens (tertiary/aromatic N) is 1. The van der Waals surface area contributed by atoms with E-state index in [1.165, 1.54) is 72.1 Å². The normalized spacial score (nSPS) is 12.8. The summed E-state index contributed by atoms with van der Waals surface area (Å²) in [6, 6.07) is 68.4. The second-order valence-corrected chi connectivity index (χ2v) is 13.7. The van der Waals surface area contributed by atoms with E-state index in [4.69, 9.17) is 0 Å². The fourth-order valence-corrected chi connectivity index (χ4v) is 8.22. The SMILES string of the molecule is CC1(C)c2cc3ccccc3c(-c3ccccc3)c2-c2cccc(N(c3ccccc3)c3ccccc3-c3ccccc3-c3ccccc3)c21. The molecule has 8 aromatic carbocycles. The first kappa shape index (κ1) is 29.9. The van der Waals surface area contributed by atoms with Crippen LogP contribution < -0.4 is 4.90 Å². The van der Waals surface area contributed by atoms with Crippen LogP contribution in [-0.2, 0) is 5.41 Å². The first-order valence-corrected chi connectivity index (χ1v) is 17.5. The summed E-state index contributed by atoms with van der Waals surface area (Å²) < 4.78 is 0. The molecule has 0 N–H and O–H groups in total. The van der Waals surface area contributed by atoms with E-state index in [1.807, 2.05) is 0 Å². The molecule has 1 heteroatoms. The molecule has 8 aromatic rings. The fraction of sp³-hybridized carbons (Fsp3) is 0.0612. The molecule has 9 rings (SSSR count). The third kappa shape index (κ3) is 4.77. The number of fused-ring (bicyclic) bond motifs is 4. The summed E-state index contributed by atoms with van der Waals surface area (Å²) >= 11 is 0. The minimum Gasteiger partial charge on any atom is -0.310 e. The summed E-state index contributed by atoms with van der Waals surface area (Å²) in [5, 5.41) is 2.56. The zero-order valence-electron chi connectivity index (χ0n) is 28.3. The number of hydrogen-bond acceptors (Lipinski definition) is 1. The van der Waals surface area contributed by atoms with E-state index < -0.39 is 0 Å². The lowest BCUT2D eigenvalue weighted by molar-refractivity contribution is 0.661. The van der Waals surface area contributed by atoms with Crippen molar-refractivity contribution in [2.75, 3.05) is 4.90 Å². The fourth-order valence-electron chi connectivity index (χ4n) is 8.22. The quantitative estimate of drug-likeness (QED) is 0.175. The van der Waals surface area contributed by atoms with Crippen LogP contribution in [0.2, 0.25) is 0 Å². The van der Waals surface area contributed by atoms with Gasteiger partial charge in [-0.1, -0.05) is 172 Å². The molecule has 238 valence electrons. The zero-order chi connectivity index (χ0) is 33.7. The number of anilines is 3. The highest BCUT2D eigenvalue weighted by Crippen LogP contribution is 2.58. The van der Waals surface area contributed by atoms with Crippen molar-refractivity contribution in [3.05, 3.63) is 199 Å². The predicted octanol–water partition coefficient (Wildman–Crippen LogP) is 13.6. The minimum atomic E-state index is -0.265. The highest BCUT2D eigenvalue weighted by molar-refractivity contribution is 6.09. The summed E-state index contributed by atoms with van der Waals surface area (Å²) in [4.78, 5) is 2.49. The largest absolute Gasteiger partial charge is 0.310 e. The van der Waals surface area contributed by atoms with Gasteiger partial charge >= 0.3 is 0 Å². The van der Waals surface area contributed by atoms with Gasteiger partial charge < -0.3 is 4.90 Å². The first-order chi connectivity index (χ1) is 24.6. The highest BCUT2D eigenvalue weighted by atomic mass is 15.1. The molecule has 0 radical (unpaired) electrons. The van der Waals surface area contributed by atoms with Gasteiger partial charge in [-0.2, -0.15) is 0 Å². The Morgan fingerprint density at radius 3 is 1.68 bits per heavy atom. The van der Waals surface area contributed by atoms with E-state index in [-0.39, 0.29) is 5.41 Å². The van der Waals surface area contributed by atoms with E-state index in [9.17, 15) is 0 Å². The molecule has 0 amide bonds. The Hall–Kier alpha value is -6.18. The Labute approximate surface area is 294 Å². The molecular weight excluding hydrogens is 603 g/mol. The lowest BCUT2D eigenvalue weighted by Gasteiger charge is -2.33. The van der Waals surface area contributed by atoms with Crippen molar-refractivity contribution in [2.24, 2.45) is 0 Å². The van der Waals surface area contributed by atoms with Gasteiger partial charge in [-0.05, 0) is 91.2 Å². The van der Waals surface area contributed by atoms with Crippen molar-refractivity contribution in [2.45, 2.75) is 19.3 Å². The van der Waals surface area contributed by atoms with Crippen LogP contribution in [-0.4, -0.2) is 0 Å². The molecule has 0 aliphatic heterocycles. The standard InChI is InChI=1S/C49H37N/c1-49(2)43-33-36-23-12-13-27-39(36)46(35-21-8-4-9-22-35)47(43)42-30-18-32-45(48(42)49)50(37-24-10-5-11-25-37)44-31-17-16-29-41(44)40-28-15-14-26-38(40)34-19-6-3-7-20-34/h3-33H,1-2H3. The van der Waals surface area contributed by atoms with Crippen LogP contribution in [0.1, 0.15) is 25.0 Å². The van der Waals surface area contributed by atoms with E-state index in [0.717, 1.165) is 11.4 Å². The molecule has 50 heavy (non-hydrogen) atoms. The van der Waals surface area contributed by atoms with Gasteiger partial charge in [-0.3, -0.25) is 0 Å². The topological polar surface area (TPSA) is 3.24 Å². The molecule has 0 spiro atoms. The van der Waals surface area contributed by atoms with Gasteiger partial charge in [0.05, 0.1) is 11.4 Å². The molecule has 0 aromatic heterocycles. The molecular formula is C49H37N. The smallest absolute Gasteiger partial charge is 0.0540 e. The zero-order valence-corrected chi connectivity index (χ0v) is 28.3. The van der Waals surface area contributed by atoms with Crippen molar-refractivity contribution in [1.29, 1.82) is 0 Å². The van der Waals surface area contributed by atoms with Crippen molar-refractivity contribution >= 4 is 27.8 Å². The Morgan fingerprint density at radius 2 is 0.940 bits per heavy atom. The number of hydrogen-bond donors (Lipinski definition) is 0. The van der Waals surface area contributed by atoms with E-state index >= 15 is 0 Å². The Balaban J connectivity index is 1.33. The van der Waals surface area contributed by atoms with Gasteiger partial charge in [0.1, 0.15) is 0 Å². The van der Waals surface area contributed by atoms with E-state index in [2.05, 4.69) is 207 Å². The molecule has 0 saturated carbocycles. The van der Waals surface area contributed by atoms with Crippen LogP contribution in [0.3, 0.4) is 0 Å². The maximum Gasteiger partial charge on any atom is 0.0540 e. The summed E-state index contributed by atoms with van der Waals surface area (Å²) in [5.74, 6) is 0. The van der Waals surface area contributed by atoms with Gasteiger partial charge in [0.15, 0.2) is 0 Å². The highest BCUT2D eigenvalue weighted by Gasteiger charge is 2.41. The average Bonchev–Trinajstić information content (AvgIpc) is 3.41. The second-order valence-electron chi connectivity index (χ2n) is 13.7. The second kappa shape index (κ2) is 12.1. The predicted molar refractivity (Wildman–Crippen MR) is 213 cm³/mol. The van der Waals surface area contributed by atoms with Gasteiger partial charge in [-0.15, -0.1) is 0 Å². The first-order valence-electron chi connectivity index (χ1n) is 17.5. The lowest BCUT2D eigenvalue weighted by Crippen LogP contribution is -2.21. The Kier molecular flexibility index (Phi) is 7.21. The number of benzene rings is 8. The minimum absolute atomic E-state index is 0.265. The van der Waals surface area contributed by atoms with Crippen LogP contribution in [0.25, 0.3) is 55.3 Å². The van der Waals surface area contributed by atoms with Crippen molar-refractivity contribution in [3.63, 3.8) is 0 Å². The third-order valence-corrected chi connectivity index (χ3v) is 10.4. The molecule has 0 fully saturated rings. The summed E-state index contributed by atoms with van der Waals surface area (Å²) in [6.07, 6.45) is 0. The monoisotopic (exact) mass is 639 g/mol. The van der Waals surface area contributed by atoms with Crippen molar-refractivity contribution in [1.82, 2.24) is 0 Å². The van der Waals surface area contributed by atoms with Crippen LogP contribution >= 0.6 is 0 Å². The van der Waals surface area contributed by atoms with Crippen LogP contribution in [0, 0.1) is 0 Å². The van der Waals surface area contributed by atoms with Gasteiger partial charge in [0, 0.05) is 16.7 Å². The molecule has 0 atom stereocenters. The van der Waals surface area contributed by atoms with E-state index in [0.29, 0.717) is 0 Å². The molecule has 0 saturated heterocycles. The maximum atomic E-state index is 2.49. The van der Waals surface area contributed by atoms with Gasteiger partial charge in [-0.25, -0.2) is 0 Å². The maximum absolute atomic E-state index is 2.49. The van der Waals surface area contributed by atoms with Crippen molar-refractivity contribution < 1.29 is 0 Å². The van der Waals surface area contributed by atoms with Crippen LogP contribution in [0.4, 0.5) is 17.1 Å². The molecule has 0 bridgehead atoms. The molecule has 1 nitrogen and oxygen atoms in total. The van der Waals surface area contributed by atoms with E-state index in [1.54, 1.807) is 0 Å². The number of para-hydroxylation sites is 2. The van der Waals surface area contributed by atoms with Gasteiger partial charge in [0.25, 0.3) is 0 Å². The number of rotatable bonds is 6. The third-order valence-electron chi connectivity index (χ3n) is 10.4. The summed E-state index contributed by atoms with van der Waals surface area (Å²) in [7, 11) is 0. The Bertz CT molecular complexity index is 2490. The molecule has 0 unspecified atom stereocenters. The summed E-state index contributed by atoms with van der Waals surface area (Å²) in [6.45, 7) is 4.81. The van der Waals surface area contributed by atoms with Crippen LogP contribution in [0.5, 0.6) is 0 Å². The lowest BCUT2D eigenvalue weighted by atomic mass is 9.79. The van der Waals surface area contributed by atoms with Gasteiger partial charge in [0.2, 0.25) is 0 Å². The average molecular weight is 640 g/mol. The summed E-state index contributed by atoms with van der Waals surface area (Å²) in [5.41, 5.74) is 16.0. The molecule has 0 heterocycles. The Morgan fingerprint density at radius 1 is 0.400 bits per heavy atom. The molecule has 1 aliphatic carbocycles.